The Hall–Kier alpha value is -1.53. The van der Waals surface area contributed by atoms with Gasteiger partial charge in [0.2, 0.25) is 0 Å². The first-order valence-electron chi connectivity index (χ1n) is 7.35. The van der Waals surface area contributed by atoms with Crippen molar-refractivity contribution in [2.45, 2.75) is 47.1 Å². The van der Waals surface area contributed by atoms with Crippen LogP contribution in [0.1, 0.15) is 43.4 Å². The highest BCUT2D eigenvalue weighted by molar-refractivity contribution is 5.43. The van der Waals surface area contributed by atoms with Crippen LogP contribution in [-0.2, 0) is 6.54 Å². The summed E-state index contributed by atoms with van der Waals surface area (Å²) in [6.07, 6.45) is 1.34. The van der Waals surface area contributed by atoms with E-state index in [1.165, 1.54) is 16.7 Å². The van der Waals surface area contributed by atoms with Gasteiger partial charge in [-0.1, -0.05) is 26.0 Å². The second kappa shape index (κ2) is 8.60. The molecule has 0 spiro atoms. The standard InChI is InChI=1S/C17H26N2O/c1-13(2)11-19-12-16-9-14(3)17(15(4)10-16)20-8-6-5-7-18/h9-10,13,19H,5-6,8,11-12H2,1-4H3. The van der Waals surface area contributed by atoms with Gasteiger partial charge in [0.15, 0.2) is 0 Å². The molecule has 20 heavy (non-hydrogen) atoms. The molecule has 3 heteroatoms. The fourth-order valence-corrected chi connectivity index (χ4v) is 2.20. The maximum absolute atomic E-state index is 8.52. The van der Waals surface area contributed by atoms with E-state index in [1.54, 1.807) is 0 Å². The highest BCUT2D eigenvalue weighted by Crippen LogP contribution is 2.25. The Balaban J connectivity index is 2.59. The summed E-state index contributed by atoms with van der Waals surface area (Å²) in [5.74, 6) is 1.63. The Morgan fingerprint density at radius 3 is 2.45 bits per heavy atom. The molecule has 0 aliphatic rings. The number of rotatable bonds is 8. The maximum Gasteiger partial charge on any atom is 0.125 e. The van der Waals surface area contributed by atoms with E-state index < -0.39 is 0 Å². The zero-order chi connectivity index (χ0) is 15.0. The van der Waals surface area contributed by atoms with Crippen LogP contribution < -0.4 is 10.1 Å². The van der Waals surface area contributed by atoms with Crippen molar-refractivity contribution in [2.75, 3.05) is 13.2 Å². The van der Waals surface area contributed by atoms with Crippen LogP contribution in [0, 0.1) is 31.1 Å². The zero-order valence-electron chi connectivity index (χ0n) is 13.1. The van der Waals surface area contributed by atoms with Gasteiger partial charge in [-0.3, -0.25) is 0 Å². The quantitative estimate of drug-likeness (QED) is 0.735. The summed E-state index contributed by atoms with van der Waals surface area (Å²) in [7, 11) is 0. The third kappa shape index (κ3) is 5.63. The van der Waals surface area contributed by atoms with Crippen molar-refractivity contribution >= 4 is 0 Å². The monoisotopic (exact) mass is 274 g/mol. The van der Waals surface area contributed by atoms with E-state index >= 15 is 0 Å². The van der Waals surface area contributed by atoms with Gasteiger partial charge in [0, 0.05) is 13.0 Å². The van der Waals surface area contributed by atoms with Gasteiger partial charge in [-0.05, 0) is 49.4 Å². The van der Waals surface area contributed by atoms with Crippen LogP contribution in [0.25, 0.3) is 0 Å². The average molecular weight is 274 g/mol. The lowest BCUT2D eigenvalue weighted by Crippen LogP contribution is -2.19. The third-order valence-corrected chi connectivity index (χ3v) is 3.08. The highest BCUT2D eigenvalue weighted by Gasteiger charge is 2.06. The fourth-order valence-electron chi connectivity index (χ4n) is 2.20. The van der Waals surface area contributed by atoms with Crippen LogP contribution in [0.4, 0.5) is 0 Å². The first-order chi connectivity index (χ1) is 9.54. The van der Waals surface area contributed by atoms with Gasteiger partial charge in [-0.2, -0.15) is 5.26 Å². The maximum atomic E-state index is 8.52. The number of nitrogens with one attached hydrogen (secondary N) is 1. The molecule has 0 fully saturated rings. The predicted octanol–water partition coefficient (Wildman–Crippen LogP) is 3.73. The lowest BCUT2D eigenvalue weighted by Gasteiger charge is -2.14. The number of nitrogens with zero attached hydrogens (tertiary/aromatic N) is 1. The number of nitriles is 1. The lowest BCUT2D eigenvalue weighted by molar-refractivity contribution is 0.308. The average Bonchev–Trinajstić information content (AvgIpc) is 2.36. The summed E-state index contributed by atoms with van der Waals surface area (Å²) in [6, 6.07) is 6.50. The van der Waals surface area contributed by atoms with E-state index in [0.717, 1.165) is 25.3 Å². The molecule has 0 amide bonds. The van der Waals surface area contributed by atoms with E-state index in [-0.39, 0.29) is 0 Å². The smallest absolute Gasteiger partial charge is 0.125 e. The Labute approximate surface area is 123 Å². The Bertz CT molecular complexity index is 438. The van der Waals surface area contributed by atoms with Crippen molar-refractivity contribution in [2.24, 2.45) is 5.92 Å². The molecule has 1 N–H and O–H groups in total. The number of hydrogen-bond acceptors (Lipinski definition) is 3. The third-order valence-electron chi connectivity index (χ3n) is 3.08. The van der Waals surface area contributed by atoms with E-state index in [1.807, 2.05) is 0 Å². The minimum absolute atomic E-state index is 0.551. The molecular weight excluding hydrogens is 248 g/mol. The molecule has 0 aromatic heterocycles. The number of unbranched alkanes of at least 4 members (excludes halogenated alkanes) is 1. The first-order valence-corrected chi connectivity index (χ1v) is 7.35. The largest absolute Gasteiger partial charge is 0.493 e. The van der Waals surface area contributed by atoms with Gasteiger partial charge in [0.25, 0.3) is 0 Å². The summed E-state index contributed by atoms with van der Waals surface area (Å²) in [5, 5.41) is 12.0. The summed E-state index contributed by atoms with van der Waals surface area (Å²) < 4.78 is 5.80. The van der Waals surface area contributed by atoms with Crippen molar-refractivity contribution in [1.29, 1.82) is 5.26 Å². The van der Waals surface area contributed by atoms with Gasteiger partial charge < -0.3 is 10.1 Å². The molecule has 1 rings (SSSR count). The van der Waals surface area contributed by atoms with Crippen LogP contribution in [-0.4, -0.2) is 13.2 Å². The summed E-state index contributed by atoms with van der Waals surface area (Å²) in [6.45, 7) is 11.1. The van der Waals surface area contributed by atoms with Crippen LogP contribution in [0.15, 0.2) is 12.1 Å². The molecule has 0 heterocycles. The van der Waals surface area contributed by atoms with Crippen LogP contribution in [0.2, 0.25) is 0 Å². The van der Waals surface area contributed by atoms with Gasteiger partial charge in [0.1, 0.15) is 5.75 Å². The lowest BCUT2D eigenvalue weighted by atomic mass is 10.1. The molecule has 1 aromatic rings. The molecule has 0 saturated heterocycles. The summed E-state index contributed by atoms with van der Waals surface area (Å²) >= 11 is 0. The minimum atomic E-state index is 0.551. The van der Waals surface area contributed by atoms with Crippen molar-refractivity contribution < 1.29 is 4.74 Å². The molecule has 3 nitrogen and oxygen atoms in total. The Kier molecular flexibility index (Phi) is 7.11. The molecule has 0 aliphatic carbocycles. The van der Waals surface area contributed by atoms with E-state index in [9.17, 15) is 0 Å². The van der Waals surface area contributed by atoms with Crippen LogP contribution in [0.3, 0.4) is 0 Å². The molecule has 110 valence electrons. The number of aryl methyl sites for hydroxylation is 2. The second-order valence-electron chi connectivity index (χ2n) is 5.69. The molecule has 0 aliphatic heterocycles. The molecule has 0 radical (unpaired) electrons. The summed E-state index contributed by atoms with van der Waals surface area (Å²) in [4.78, 5) is 0. The number of benzene rings is 1. The van der Waals surface area contributed by atoms with E-state index in [0.29, 0.717) is 18.9 Å². The molecular formula is C17H26N2O. The van der Waals surface area contributed by atoms with Gasteiger partial charge in [0.05, 0.1) is 12.7 Å². The Morgan fingerprint density at radius 1 is 1.25 bits per heavy atom. The second-order valence-corrected chi connectivity index (χ2v) is 5.69. The molecule has 0 saturated carbocycles. The van der Waals surface area contributed by atoms with Crippen molar-refractivity contribution in [1.82, 2.24) is 5.32 Å². The van der Waals surface area contributed by atoms with Gasteiger partial charge >= 0.3 is 0 Å². The van der Waals surface area contributed by atoms with Crippen molar-refractivity contribution in [3.8, 4) is 11.8 Å². The fraction of sp³-hybridized carbons (Fsp3) is 0.588. The van der Waals surface area contributed by atoms with Crippen LogP contribution >= 0.6 is 0 Å². The van der Waals surface area contributed by atoms with Crippen LogP contribution in [0.5, 0.6) is 5.75 Å². The van der Waals surface area contributed by atoms with E-state index in [2.05, 4.69) is 51.2 Å². The van der Waals surface area contributed by atoms with Gasteiger partial charge in [-0.15, -0.1) is 0 Å². The topological polar surface area (TPSA) is 45.0 Å². The number of hydrogen-bond donors (Lipinski definition) is 1. The zero-order valence-corrected chi connectivity index (χ0v) is 13.1. The van der Waals surface area contributed by atoms with Crippen molar-refractivity contribution in [3.63, 3.8) is 0 Å². The van der Waals surface area contributed by atoms with Gasteiger partial charge in [-0.25, -0.2) is 0 Å². The molecule has 0 bridgehead atoms. The highest BCUT2D eigenvalue weighted by atomic mass is 16.5. The molecule has 0 atom stereocenters. The number of ether oxygens (including phenoxy) is 1. The molecule has 1 aromatic carbocycles. The van der Waals surface area contributed by atoms with Crippen molar-refractivity contribution in [3.05, 3.63) is 28.8 Å². The first kappa shape index (κ1) is 16.5. The normalized spacial score (nSPS) is 10.6. The Morgan fingerprint density at radius 2 is 1.90 bits per heavy atom. The minimum Gasteiger partial charge on any atom is -0.493 e. The van der Waals surface area contributed by atoms with E-state index in [4.69, 9.17) is 10.00 Å². The summed E-state index contributed by atoms with van der Waals surface area (Å²) in [5.41, 5.74) is 3.64. The SMILES string of the molecule is Cc1cc(CNCC(C)C)cc(C)c1OCCCC#N. The predicted molar refractivity (Wildman–Crippen MR) is 82.8 cm³/mol. The molecule has 0 unspecified atom stereocenters.